The largest absolute Gasteiger partial charge is 0.508 e. The number of Topliss-reactive ketones (excluding diaryl/α,β-unsaturated/α-hetero) is 1. The SMILES string of the molecule is CCC(C)C(N)C(=O)N(C)C(Cc1ccc(O)cc1)C(=O)N[C@H](C(=O)OC(C)[C@H](NC(=O)CNC(=O)C(C)C)C(=O)NC(CC(C)C)C(=O)NC12CC1C(=O)C[C@@H](O)C2)C(C)CC. The summed E-state index contributed by atoms with van der Waals surface area (Å²) < 4.78 is 5.87. The number of carbonyl (C=O) groups excluding carboxylic acids is 8. The van der Waals surface area contributed by atoms with Crippen LogP contribution < -0.4 is 32.3 Å². The standard InChI is InChI=1S/C45H71N7O11/c1-11-25(7)36(46)43(61)52(10)33(18-28-13-15-29(53)16-14-28)41(59)50-37(26(8)12-2)44(62)63-27(9)38(49-35(56)22-47-39(57)24(5)6)42(60)48-32(17-23(3)4)40(58)51-45-20-30(54)19-34(55)31(45)21-45/h13-16,23-27,30-33,36-38,53-54H,11-12,17-22,46H2,1-10H3,(H,47,57)(H,48,60)(H,49,56)(H,50,59)(H,51,58)/t25?,26?,27?,30-,31?,32?,33?,36?,37+,38+,45?/m1/s1. The van der Waals surface area contributed by atoms with Crippen molar-refractivity contribution in [3.05, 3.63) is 29.8 Å². The first-order valence-electron chi connectivity index (χ1n) is 22.2. The van der Waals surface area contributed by atoms with Crippen molar-refractivity contribution in [3.8, 4) is 5.75 Å². The van der Waals surface area contributed by atoms with Crippen LogP contribution in [0.4, 0.5) is 0 Å². The predicted octanol–water partition coefficient (Wildman–Crippen LogP) is 0.984. The van der Waals surface area contributed by atoms with Crippen LogP contribution in [0.1, 0.15) is 106 Å². The summed E-state index contributed by atoms with van der Waals surface area (Å²) in [4.78, 5) is 109. The number of benzene rings is 1. The molecule has 352 valence electrons. The lowest BCUT2D eigenvalue weighted by atomic mass is 9.91. The molecule has 63 heavy (non-hydrogen) atoms. The highest BCUT2D eigenvalue weighted by atomic mass is 16.5. The van der Waals surface area contributed by atoms with Gasteiger partial charge in [-0.3, -0.25) is 33.6 Å². The van der Waals surface area contributed by atoms with Gasteiger partial charge in [0.1, 0.15) is 41.8 Å². The number of likely N-dealkylation sites (N-methyl/N-ethyl adjacent to an activating group) is 1. The number of nitrogens with two attached hydrogens (primary N) is 1. The number of nitrogens with one attached hydrogen (secondary N) is 5. The minimum atomic E-state index is -1.61. The number of aliphatic hydroxyl groups is 1. The van der Waals surface area contributed by atoms with E-state index in [1.807, 2.05) is 27.7 Å². The van der Waals surface area contributed by atoms with E-state index in [0.29, 0.717) is 24.8 Å². The van der Waals surface area contributed by atoms with E-state index >= 15 is 0 Å². The van der Waals surface area contributed by atoms with E-state index < -0.39 is 114 Å². The van der Waals surface area contributed by atoms with E-state index in [1.54, 1.807) is 39.8 Å². The molecular formula is C45H71N7O11. The van der Waals surface area contributed by atoms with Crippen LogP contribution in [-0.2, 0) is 49.5 Å². The third-order valence-electron chi connectivity index (χ3n) is 12.3. The summed E-state index contributed by atoms with van der Waals surface area (Å²) in [5, 5.41) is 33.5. The Balaban J connectivity index is 1.91. The number of esters is 1. The molecule has 2 aliphatic rings. The van der Waals surface area contributed by atoms with Gasteiger partial charge in [-0.2, -0.15) is 0 Å². The second kappa shape index (κ2) is 23.0. The Morgan fingerprint density at radius 1 is 0.841 bits per heavy atom. The first kappa shape index (κ1) is 52.2. The van der Waals surface area contributed by atoms with Gasteiger partial charge in [0.2, 0.25) is 35.4 Å². The topological polar surface area (TPSA) is 276 Å². The van der Waals surface area contributed by atoms with Gasteiger partial charge in [-0.25, -0.2) is 4.79 Å². The zero-order valence-corrected chi connectivity index (χ0v) is 38.5. The molecule has 9 N–H and O–H groups in total. The fourth-order valence-corrected chi connectivity index (χ4v) is 7.69. The summed E-state index contributed by atoms with van der Waals surface area (Å²) in [7, 11) is 1.46. The highest BCUT2D eigenvalue weighted by molar-refractivity contribution is 5.96. The first-order valence-corrected chi connectivity index (χ1v) is 22.2. The lowest BCUT2D eigenvalue weighted by Crippen LogP contribution is -2.61. The summed E-state index contributed by atoms with van der Waals surface area (Å²) in [5.41, 5.74) is 6.00. The molecule has 0 radical (unpaired) electrons. The minimum Gasteiger partial charge on any atom is -0.508 e. The molecule has 0 heterocycles. The summed E-state index contributed by atoms with van der Waals surface area (Å²) >= 11 is 0. The number of phenolic OH excluding ortho intramolecular Hbond substituents is 1. The third-order valence-corrected chi connectivity index (χ3v) is 12.3. The van der Waals surface area contributed by atoms with Crippen LogP contribution >= 0.6 is 0 Å². The smallest absolute Gasteiger partial charge is 0.329 e. The number of rotatable bonds is 23. The maximum atomic E-state index is 14.3. The summed E-state index contributed by atoms with van der Waals surface area (Å²) in [6, 6.07) is -0.0171. The van der Waals surface area contributed by atoms with Crippen LogP contribution in [0, 0.1) is 29.6 Å². The summed E-state index contributed by atoms with van der Waals surface area (Å²) in [5.74, 6) is -6.68. The monoisotopic (exact) mass is 886 g/mol. The summed E-state index contributed by atoms with van der Waals surface area (Å²) in [6.45, 7) is 15.0. The van der Waals surface area contributed by atoms with Gasteiger partial charge < -0.3 is 52.2 Å². The molecule has 2 fully saturated rings. The maximum Gasteiger partial charge on any atom is 0.329 e. The number of phenols is 1. The molecular weight excluding hydrogens is 815 g/mol. The molecule has 18 heteroatoms. The van der Waals surface area contributed by atoms with E-state index in [0.717, 1.165) is 0 Å². The average Bonchev–Trinajstić information content (AvgIpc) is 3.95. The van der Waals surface area contributed by atoms with Gasteiger partial charge in [0.05, 0.1) is 24.2 Å². The zero-order chi connectivity index (χ0) is 47.5. The van der Waals surface area contributed by atoms with Gasteiger partial charge in [-0.1, -0.05) is 80.4 Å². The van der Waals surface area contributed by atoms with Gasteiger partial charge in [0.15, 0.2) is 0 Å². The predicted molar refractivity (Wildman–Crippen MR) is 233 cm³/mol. The van der Waals surface area contributed by atoms with Gasteiger partial charge in [0.25, 0.3) is 0 Å². The number of carbonyl (C=O) groups is 8. The summed E-state index contributed by atoms with van der Waals surface area (Å²) in [6.07, 6.45) is -0.589. The number of nitrogens with zero attached hydrogens (tertiary/aromatic N) is 1. The first-order chi connectivity index (χ1) is 29.4. The molecule has 1 aromatic rings. The van der Waals surface area contributed by atoms with Crippen molar-refractivity contribution in [2.75, 3.05) is 13.6 Å². The minimum absolute atomic E-state index is 0.00562. The van der Waals surface area contributed by atoms with E-state index in [2.05, 4.69) is 26.6 Å². The van der Waals surface area contributed by atoms with Crippen LogP contribution in [0.2, 0.25) is 0 Å². The molecule has 0 aromatic heterocycles. The molecule has 2 aliphatic carbocycles. The van der Waals surface area contributed by atoms with Crippen molar-refractivity contribution in [2.45, 2.75) is 155 Å². The Morgan fingerprint density at radius 2 is 1.46 bits per heavy atom. The molecule has 6 amide bonds. The molecule has 0 saturated heterocycles. The Bertz CT molecular complexity index is 1810. The lowest BCUT2D eigenvalue weighted by molar-refractivity contribution is -0.158. The van der Waals surface area contributed by atoms with Crippen molar-refractivity contribution in [1.82, 2.24) is 31.5 Å². The number of aliphatic hydroxyl groups excluding tert-OH is 1. The quantitative estimate of drug-likeness (QED) is 0.0715. The average molecular weight is 886 g/mol. The fraction of sp³-hybridized carbons (Fsp3) is 0.689. The van der Waals surface area contributed by atoms with E-state index in [9.17, 15) is 48.6 Å². The van der Waals surface area contributed by atoms with E-state index in [4.69, 9.17) is 10.5 Å². The van der Waals surface area contributed by atoms with Crippen molar-refractivity contribution < 1.29 is 53.3 Å². The maximum absolute atomic E-state index is 14.3. The molecule has 0 aliphatic heterocycles. The molecule has 11 atom stereocenters. The number of amides is 6. The van der Waals surface area contributed by atoms with Crippen molar-refractivity contribution in [2.24, 2.45) is 35.3 Å². The number of ether oxygens (including phenoxy) is 1. The van der Waals surface area contributed by atoms with Gasteiger partial charge in [0, 0.05) is 31.7 Å². The second-order valence-electron chi connectivity index (χ2n) is 18.3. The molecule has 2 saturated carbocycles. The number of fused-ring (bicyclic) bond motifs is 1. The molecule has 8 unspecified atom stereocenters. The fourth-order valence-electron chi connectivity index (χ4n) is 7.69. The van der Waals surface area contributed by atoms with Crippen molar-refractivity contribution in [1.29, 1.82) is 0 Å². The number of ketones is 1. The van der Waals surface area contributed by atoms with Crippen LogP contribution in [0.3, 0.4) is 0 Å². The molecule has 0 spiro atoms. The highest BCUT2D eigenvalue weighted by Crippen LogP contribution is 2.51. The number of aromatic hydroxyl groups is 1. The normalized spacial score (nSPS) is 21.8. The molecule has 1 aromatic carbocycles. The van der Waals surface area contributed by atoms with Gasteiger partial charge in [-0.05, 0) is 61.6 Å². The molecule has 18 nitrogen and oxygen atoms in total. The second-order valence-corrected chi connectivity index (χ2v) is 18.3. The molecule has 3 rings (SSSR count). The number of hydrogen-bond donors (Lipinski definition) is 8. The van der Waals surface area contributed by atoms with Crippen LogP contribution in [0.15, 0.2) is 24.3 Å². The van der Waals surface area contributed by atoms with Crippen molar-refractivity contribution >= 4 is 47.2 Å². The van der Waals surface area contributed by atoms with Crippen LogP contribution in [0.25, 0.3) is 0 Å². The van der Waals surface area contributed by atoms with Gasteiger partial charge in [-0.15, -0.1) is 0 Å². The Kier molecular flexibility index (Phi) is 19.1. The third kappa shape index (κ3) is 14.5. The lowest BCUT2D eigenvalue weighted by Gasteiger charge is -2.33. The molecule has 0 bridgehead atoms. The number of hydrogen-bond acceptors (Lipinski definition) is 12. The Hall–Kier alpha value is -5.10. The van der Waals surface area contributed by atoms with Crippen molar-refractivity contribution in [3.63, 3.8) is 0 Å². The van der Waals surface area contributed by atoms with Crippen LogP contribution in [-0.4, -0.2) is 124 Å². The van der Waals surface area contributed by atoms with Crippen LogP contribution in [0.5, 0.6) is 5.75 Å². The highest BCUT2D eigenvalue weighted by Gasteiger charge is 2.62. The Labute approximate surface area is 370 Å². The van der Waals surface area contributed by atoms with E-state index in [1.165, 1.54) is 31.0 Å². The van der Waals surface area contributed by atoms with Gasteiger partial charge >= 0.3 is 5.97 Å². The van der Waals surface area contributed by atoms with E-state index in [-0.39, 0.29) is 49.1 Å². The zero-order valence-electron chi connectivity index (χ0n) is 38.5. The Morgan fingerprint density at radius 3 is 2.03 bits per heavy atom.